The molecule has 0 saturated heterocycles. The van der Waals surface area contributed by atoms with E-state index in [9.17, 15) is 14.4 Å². The SMILES string of the molecule is CCOc1ccccc1-n1ccn(CC(=O)NCCc2ccc(OC)c(OC)c2)c(=O)c1=O. The molecule has 174 valence electrons. The number of hydrogen-bond acceptors (Lipinski definition) is 6. The second-order valence-corrected chi connectivity index (χ2v) is 7.10. The van der Waals surface area contributed by atoms with Crippen molar-refractivity contribution in [1.82, 2.24) is 14.5 Å². The van der Waals surface area contributed by atoms with Gasteiger partial charge in [0.15, 0.2) is 11.5 Å². The highest BCUT2D eigenvalue weighted by atomic mass is 16.5. The molecule has 0 unspecified atom stereocenters. The van der Waals surface area contributed by atoms with Gasteiger partial charge >= 0.3 is 11.1 Å². The highest BCUT2D eigenvalue weighted by Crippen LogP contribution is 2.27. The van der Waals surface area contributed by atoms with Crippen LogP contribution in [0.3, 0.4) is 0 Å². The molecule has 0 radical (unpaired) electrons. The zero-order valence-corrected chi connectivity index (χ0v) is 18.9. The highest BCUT2D eigenvalue weighted by Gasteiger charge is 2.13. The molecule has 2 aromatic carbocycles. The van der Waals surface area contributed by atoms with Gasteiger partial charge in [0.05, 0.1) is 26.5 Å². The van der Waals surface area contributed by atoms with Gasteiger partial charge in [0.2, 0.25) is 5.91 Å². The van der Waals surface area contributed by atoms with Crippen LogP contribution in [0.2, 0.25) is 0 Å². The van der Waals surface area contributed by atoms with Crippen LogP contribution in [-0.2, 0) is 17.8 Å². The summed E-state index contributed by atoms with van der Waals surface area (Å²) < 4.78 is 18.3. The summed E-state index contributed by atoms with van der Waals surface area (Å²) in [6.45, 7) is 2.36. The van der Waals surface area contributed by atoms with E-state index in [1.54, 1.807) is 44.6 Å². The van der Waals surface area contributed by atoms with Gasteiger partial charge in [-0.15, -0.1) is 0 Å². The standard InChI is InChI=1S/C24H27N3O6/c1-4-33-19-8-6-5-7-18(19)27-14-13-26(23(29)24(27)30)16-22(28)25-12-11-17-9-10-20(31-2)21(15-17)32-3/h5-10,13-15H,4,11-12,16H2,1-3H3,(H,25,28). The van der Waals surface area contributed by atoms with Crippen molar-refractivity contribution in [3.05, 3.63) is 81.1 Å². The van der Waals surface area contributed by atoms with Crippen molar-refractivity contribution in [2.24, 2.45) is 0 Å². The van der Waals surface area contributed by atoms with Crippen LogP contribution in [0.4, 0.5) is 0 Å². The van der Waals surface area contributed by atoms with Gasteiger partial charge in [-0.3, -0.25) is 23.5 Å². The number of nitrogens with zero attached hydrogens (tertiary/aromatic N) is 2. The van der Waals surface area contributed by atoms with Crippen molar-refractivity contribution in [2.75, 3.05) is 27.4 Å². The quantitative estimate of drug-likeness (QED) is 0.470. The fourth-order valence-electron chi connectivity index (χ4n) is 3.35. The van der Waals surface area contributed by atoms with Crippen molar-refractivity contribution in [3.63, 3.8) is 0 Å². The number of para-hydroxylation sites is 2. The molecule has 9 nitrogen and oxygen atoms in total. The van der Waals surface area contributed by atoms with Gasteiger partial charge in [-0.05, 0) is 43.2 Å². The minimum Gasteiger partial charge on any atom is -0.493 e. The summed E-state index contributed by atoms with van der Waals surface area (Å²) in [6.07, 6.45) is 3.44. The Morgan fingerprint density at radius 3 is 2.42 bits per heavy atom. The van der Waals surface area contributed by atoms with E-state index >= 15 is 0 Å². The second-order valence-electron chi connectivity index (χ2n) is 7.10. The molecule has 1 aromatic heterocycles. The van der Waals surface area contributed by atoms with E-state index in [4.69, 9.17) is 14.2 Å². The van der Waals surface area contributed by atoms with E-state index in [1.165, 1.54) is 17.0 Å². The number of benzene rings is 2. The Kier molecular flexibility index (Phi) is 7.91. The Morgan fingerprint density at radius 1 is 0.939 bits per heavy atom. The molecule has 0 bridgehead atoms. The number of carbonyl (C=O) groups is 1. The van der Waals surface area contributed by atoms with Crippen LogP contribution in [-0.4, -0.2) is 42.4 Å². The molecular formula is C24H27N3O6. The molecule has 1 N–H and O–H groups in total. The summed E-state index contributed by atoms with van der Waals surface area (Å²) in [6, 6.07) is 12.5. The molecule has 0 spiro atoms. The largest absolute Gasteiger partial charge is 0.493 e. The average Bonchev–Trinajstić information content (AvgIpc) is 2.83. The third-order valence-corrected chi connectivity index (χ3v) is 4.98. The van der Waals surface area contributed by atoms with Gasteiger partial charge in [-0.1, -0.05) is 18.2 Å². The lowest BCUT2D eigenvalue weighted by atomic mass is 10.1. The van der Waals surface area contributed by atoms with Crippen LogP contribution in [0, 0.1) is 0 Å². The first-order valence-electron chi connectivity index (χ1n) is 10.5. The lowest BCUT2D eigenvalue weighted by molar-refractivity contribution is -0.121. The number of hydrogen-bond donors (Lipinski definition) is 1. The third kappa shape index (κ3) is 5.62. The second kappa shape index (κ2) is 11.0. The lowest BCUT2D eigenvalue weighted by Crippen LogP contribution is -2.42. The monoisotopic (exact) mass is 453 g/mol. The van der Waals surface area contributed by atoms with E-state index in [0.29, 0.717) is 42.5 Å². The third-order valence-electron chi connectivity index (χ3n) is 4.98. The van der Waals surface area contributed by atoms with Gasteiger partial charge in [-0.2, -0.15) is 0 Å². The fourth-order valence-corrected chi connectivity index (χ4v) is 3.35. The molecule has 0 aliphatic carbocycles. The molecule has 1 amide bonds. The Labute approximate surface area is 191 Å². The maximum Gasteiger partial charge on any atom is 0.321 e. The molecule has 33 heavy (non-hydrogen) atoms. The van der Waals surface area contributed by atoms with E-state index in [0.717, 1.165) is 10.1 Å². The number of rotatable bonds is 10. The van der Waals surface area contributed by atoms with Crippen molar-refractivity contribution in [3.8, 4) is 22.9 Å². The van der Waals surface area contributed by atoms with Crippen LogP contribution in [0.25, 0.3) is 5.69 Å². The molecule has 1 heterocycles. The summed E-state index contributed by atoms with van der Waals surface area (Å²) in [7, 11) is 3.13. The lowest BCUT2D eigenvalue weighted by Gasteiger charge is -2.13. The van der Waals surface area contributed by atoms with Gasteiger partial charge in [-0.25, -0.2) is 0 Å². The van der Waals surface area contributed by atoms with Gasteiger partial charge in [0, 0.05) is 18.9 Å². The normalized spacial score (nSPS) is 10.5. The summed E-state index contributed by atoms with van der Waals surface area (Å²) >= 11 is 0. The maximum absolute atomic E-state index is 12.7. The minimum absolute atomic E-state index is 0.256. The number of ether oxygens (including phenoxy) is 3. The maximum atomic E-state index is 12.7. The van der Waals surface area contributed by atoms with Crippen molar-refractivity contribution >= 4 is 5.91 Å². The predicted octanol–water partition coefficient (Wildman–Crippen LogP) is 1.77. The molecule has 0 saturated carbocycles. The van der Waals surface area contributed by atoms with Crippen molar-refractivity contribution < 1.29 is 19.0 Å². The van der Waals surface area contributed by atoms with Crippen molar-refractivity contribution in [2.45, 2.75) is 19.9 Å². The number of nitrogens with one attached hydrogen (secondary N) is 1. The van der Waals surface area contributed by atoms with Gasteiger partial charge < -0.3 is 19.5 Å². The number of aromatic nitrogens is 2. The van der Waals surface area contributed by atoms with Crippen LogP contribution >= 0.6 is 0 Å². The van der Waals surface area contributed by atoms with Gasteiger partial charge in [0.25, 0.3) is 0 Å². The summed E-state index contributed by atoms with van der Waals surface area (Å²) in [5, 5.41) is 2.76. The Morgan fingerprint density at radius 2 is 1.70 bits per heavy atom. The first kappa shape index (κ1) is 23.6. The van der Waals surface area contributed by atoms with Crippen molar-refractivity contribution in [1.29, 1.82) is 0 Å². The van der Waals surface area contributed by atoms with Crippen LogP contribution < -0.4 is 30.6 Å². The smallest absolute Gasteiger partial charge is 0.321 e. The van der Waals surface area contributed by atoms with E-state index in [1.807, 2.05) is 19.1 Å². The summed E-state index contributed by atoms with van der Waals surface area (Å²) in [5.41, 5.74) is -0.129. The summed E-state index contributed by atoms with van der Waals surface area (Å²) in [4.78, 5) is 37.6. The molecule has 0 aliphatic rings. The number of carbonyl (C=O) groups excluding carboxylic acids is 1. The topological polar surface area (TPSA) is 101 Å². The predicted molar refractivity (Wildman–Crippen MR) is 124 cm³/mol. The zero-order chi connectivity index (χ0) is 23.8. The molecule has 0 atom stereocenters. The Hall–Kier alpha value is -4.01. The zero-order valence-electron chi connectivity index (χ0n) is 18.9. The molecule has 3 aromatic rings. The average molecular weight is 453 g/mol. The Bertz CT molecular complexity index is 1230. The molecular weight excluding hydrogens is 426 g/mol. The highest BCUT2D eigenvalue weighted by molar-refractivity contribution is 5.75. The fraction of sp³-hybridized carbons (Fsp3) is 0.292. The first-order valence-corrected chi connectivity index (χ1v) is 10.5. The minimum atomic E-state index is -0.793. The first-order chi connectivity index (χ1) is 16.0. The molecule has 0 fully saturated rings. The van der Waals surface area contributed by atoms with E-state index in [2.05, 4.69) is 5.32 Å². The van der Waals surface area contributed by atoms with Crippen LogP contribution in [0.1, 0.15) is 12.5 Å². The molecule has 3 rings (SSSR count). The Balaban J connectivity index is 1.66. The van der Waals surface area contributed by atoms with E-state index in [-0.39, 0.29) is 12.5 Å². The number of methoxy groups -OCH3 is 2. The number of amides is 1. The molecule has 9 heteroatoms. The molecule has 0 aliphatic heterocycles. The van der Waals surface area contributed by atoms with Crippen LogP contribution in [0.15, 0.2) is 64.4 Å². The summed E-state index contributed by atoms with van der Waals surface area (Å²) in [5.74, 6) is 1.36. The van der Waals surface area contributed by atoms with E-state index < -0.39 is 11.1 Å². The van der Waals surface area contributed by atoms with Gasteiger partial charge in [0.1, 0.15) is 12.3 Å². The van der Waals surface area contributed by atoms with Crippen LogP contribution in [0.5, 0.6) is 17.2 Å².